The number of ether oxygens (including phenoxy) is 1. The Bertz CT molecular complexity index is 1050. The number of carbonyl (C=O) groups is 1. The van der Waals surface area contributed by atoms with Crippen LogP contribution in [0.25, 0.3) is 10.1 Å². The summed E-state index contributed by atoms with van der Waals surface area (Å²) < 4.78 is 6.27. The molecule has 1 atom stereocenters. The number of hydrogen-bond acceptors (Lipinski definition) is 5. The summed E-state index contributed by atoms with van der Waals surface area (Å²) in [5.41, 5.74) is 3.72. The van der Waals surface area contributed by atoms with Gasteiger partial charge in [0.25, 0.3) is 5.91 Å². The molecule has 0 saturated carbocycles. The van der Waals surface area contributed by atoms with Gasteiger partial charge in [0.15, 0.2) is 0 Å². The van der Waals surface area contributed by atoms with Gasteiger partial charge in [0.1, 0.15) is 0 Å². The van der Waals surface area contributed by atoms with Gasteiger partial charge in [-0.2, -0.15) is 5.10 Å². The van der Waals surface area contributed by atoms with E-state index in [-0.39, 0.29) is 11.3 Å². The van der Waals surface area contributed by atoms with Gasteiger partial charge >= 0.3 is 0 Å². The molecule has 7 heteroatoms. The molecule has 1 saturated heterocycles. The van der Waals surface area contributed by atoms with Gasteiger partial charge < -0.3 is 10.1 Å². The number of benzene rings is 1. The number of fused-ring (bicyclic) bond motifs is 1. The maximum absolute atomic E-state index is 13.0. The molecule has 1 aliphatic rings. The Morgan fingerprint density at radius 1 is 1.35 bits per heavy atom. The number of carbonyl (C=O) groups excluding carboxylic acids is 1. The van der Waals surface area contributed by atoms with Crippen molar-refractivity contribution in [1.29, 1.82) is 0 Å². The molecule has 0 radical (unpaired) electrons. The second-order valence-corrected chi connectivity index (χ2v) is 10.4. The number of rotatable bonds is 7. The van der Waals surface area contributed by atoms with Crippen molar-refractivity contribution in [1.82, 2.24) is 20.4 Å². The Morgan fingerprint density at radius 3 is 2.94 bits per heavy atom. The highest BCUT2D eigenvalue weighted by atomic mass is 32.1. The van der Waals surface area contributed by atoms with E-state index in [0.29, 0.717) is 19.1 Å². The number of nitrogens with one attached hydrogen (secondary N) is 2. The Hall–Kier alpha value is -2.22. The van der Waals surface area contributed by atoms with Gasteiger partial charge in [-0.3, -0.25) is 14.8 Å². The third kappa shape index (κ3) is 4.68. The molecule has 1 aromatic carbocycles. The summed E-state index contributed by atoms with van der Waals surface area (Å²) in [6, 6.07) is 8.38. The molecule has 4 rings (SSSR count). The first-order valence-corrected chi connectivity index (χ1v) is 11.7. The number of methoxy groups -OCH3 is 1. The third-order valence-corrected chi connectivity index (χ3v) is 7.16. The lowest BCUT2D eigenvalue weighted by atomic mass is 9.89. The minimum absolute atomic E-state index is 0.0107. The van der Waals surface area contributed by atoms with E-state index < -0.39 is 0 Å². The van der Waals surface area contributed by atoms with Crippen LogP contribution in [-0.4, -0.2) is 54.4 Å². The molecular formula is C24H32N4O2S. The summed E-state index contributed by atoms with van der Waals surface area (Å²) in [5, 5.41) is 11.7. The molecular weight excluding hydrogens is 408 g/mol. The first kappa shape index (κ1) is 22.0. The number of thiophene rings is 1. The van der Waals surface area contributed by atoms with E-state index in [0.717, 1.165) is 30.9 Å². The highest BCUT2D eigenvalue weighted by Crippen LogP contribution is 2.40. The first-order chi connectivity index (χ1) is 14.9. The molecule has 3 aromatic rings. The highest BCUT2D eigenvalue weighted by molar-refractivity contribution is 7.21. The van der Waals surface area contributed by atoms with Crippen LogP contribution < -0.4 is 5.32 Å². The van der Waals surface area contributed by atoms with Crippen LogP contribution in [0, 0.1) is 0 Å². The number of H-pyrrole nitrogens is 1. The zero-order valence-corrected chi connectivity index (χ0v) is 19.6. The average molecular weight is 441 g/mol. The zero-order valence-electron chi connectivity index (χ0n) is 18.8. The van der Waals surface area contributed by atoms with E-state index in [1.165, 1.54) is 26.9 Å². The summed E-state index contributed by atoms with van der Waals surface area (Å²) in [4.78, 5) is 16.3. The van der Waals surface area contributed by atoms with Gasteiger partial charge in [-0.15, -0.1) is 11.3 Å². The summed E-state index contributed by atoms with van der Waals surface area (Å²) in [7, 11) is 1.65. The van der Waals surface area contributed by atoms with Crippen LogP contribution in [0.4, 0.5) is 0 Å². The summed E-state index contributed by atoms with van der Waals surface area (Å²) in [5.74, 6) is 0.362. The van der Waals surface area contributed by atoms with Crippen molar-refractivity contribution in [2.24, 2.45) is 0 Å². The average Bonchev–Trinajstić information content (AvgIpc) is 3.45. The minimum atomic E-state index is 0.0107. The highest BCUT2D eigenvalue weighted by Gasteiger charge is 2.31. The molecule has 0 bridgehead atoms. The third-order valence-electron chi connectivity index (χ3n) is 5.97. The van der Waals surface area contributed by atoms with Crippen molar-refractivity contribution in [2.75, 3.05) is 33.4 Å². The summed E-state index contributed by atoms with van der Waals surface area (Å²) in [6.07, 6.45) is 3.02. The molecule has 0 aliphatic carbocycles. The van der Waals surface area contributed by atoms with Crippen LogP contribution in [0.15, 0.2) is 30.5 Å². The number of nitrogens with zero attached hydrogens (tertiary/aromatic N) is 2. The molecule has 1 amide bonds. The predicted octanol–water partition coefficient (Wildman–Crippen LogP) is 4.29. The van der Waals surface area contributed by atoms with Gasteiger partial charge in [-0.05, 0) is 30.0 Å². The van der Waals surface area contributed by atoms with E-state index in [2.05, 4.69) is 59.4 Å². The fraction of sp³-hybridized carbons (Fsp3) is 0.500. The topological polar surface area (TPSA) is 70.2 Å². The van der Waals surface area contributed by atoms with E-state index in [9.17, 15) is 4.79 Å². The monoisotopic (exact) mass is 440 g/mol. The molecule has 6 nitrogen and oxygen atoms in total. The molecule has 0 unspecified atom stereocenters. The standard InChI is InChI=1S/C24H32N4O2S/c1-24(2,3)22-17(13-26-27-22)15-28-11-9-16(14-28)20-18-7-5-6-8-19(18)31-21(20)23(29)25-10-12-30-4/h5-8,13,16H,9-12,14-15H2,1-4H3,(H,25,29)(H,26,27)/t16-/m0/s1. The number of amides is 1. The lowest BCUT2D eigenvalue weighted by Crippen LogP contribution is -2.27. The van der Waals surface area contributed by atoms with Gasteiger partial charge in [-0.25, -0.2) is 0 Å². The molecule has 0 spiro atoms. The Labute approximate surface area is 188 Å². The summed E-state index contributed by atoms with van der Waals surface area (Å²) in [6.45, 7) is 10.5. The molecule has 2 aromatic heterocycles. The van der Waals surface area contributed by atoms with Crippen molar-refractivity contribution < 1.29 is 9.53 Å². The van der Waals surface area contributed by atoms with Gasteiger partial charge in [0.2, 0.25) is 0 Å². The molecule has 166 valence electrons. The fourth-order valence-electron chi connectivity index (χ4n) is 4.52. The van der Waals surface area contributed by atoms with Crippen LogP contribution >= 0.6 is 11.3 Å². The second kappa shape index (κ2) is 9.10. The van der Waals surface area contributed by atoms with E-state index in [1.807, 2.05) is 12.3 Å². The molecule has 1 aliphatic heterocycles. The van der Waals surface area contributed by atoms with Crippen LogP contribution in [0.5, 0.6) is 0 Å². The van der Waals surface area contributed by atoms with Crippen molar-refractivity contribution in [3.63, 3.8) is 0 Å². The lowest BCUT2D eigenvalue weighted by molar-refractivity contribution is 0.0940. The molecule has 3 heterocycles. The van der Waals surface area contributed by atoms with Gasteiger partial charge in [0, 0.05) is 54.0 Å². The molecule has 31 heavy (non-hydrogen) atoms. The van der Waals surface area contributed by atoms with Crippen molar-refractivity contribution in [2.45, 2.75) is 45.1 Å². The fourth-order valence-corrected chi connectivity index (χ4v) is 5.73. The van der Waals surface area contributed by atoms with Crippen LogP contribution in [0.2, 0.25) is 0 Å². The maximum Gasteiger partial charge on any atom is 0.261 e. The Morgan fingerprint density at radius 2 is 2.16 bits per heavy atom. The van der Waals surface area contributed by atoms with E-state index >= 15 is 0 Å². The number of aromatic nitrogens is 2. The number of aromatic amines is 1. The number of hydrogen-bond donors (Lipinski definition) is 2. The van der Waals surface area contributed by atoms with E-state index in [4.69, 9.17) is 4.74 Å². The second-order valence-electron chi connectivity index (χ2n) is 9.33. The normalized spacial score (nSPS) is 17.5. The Kier molecular flexibility index (Phi) is 6.46. The first-order valence-electron chi connectivity index (χ1n) is 10.9. The largest absolute Gasteiger partial charge is 0.383 e. The molecule has 1 fully saturated rings. The quantitative estimate of drug-likeness (QED) is 0.538. The minimum Gasteiger partial charge on any atom is -0.383 e. The van der Waals surface area contributed by atoms with Crippen LogP contribution in [0.1, 0.15) is 59.6 Å². The predicted molar refractivity (Wildman–Crippen MR) is 126 cm³/mol. The zero-order chi connectivity index (χ0) is 22.0. The number of likely N-dealkylation sites (tertiary alicyclic amines) is 1. The van der Waals surface area contributed by atoms with Crippen LogP contribution in [0.3, 0.4) is 0 Å². The SMILES string of the molecule is COCCNC(=O)c1sc2ccccc2c1[C@H]1CCN(Cc2cn[nH]c2C(C)(C)C)C1. The van der Waals surface area contributed by atoms with Crippen molar-refractivity contribution in [3.8, 4) is 0 Å². The smallest absolute Gasteiger partial charge is 0.261 e. The van der Waals surface area contributed by atoms with Crippen LogP contribution in [-0.2, 0) is 16.7 Å². The van der Waals surface area contributed by atoms with Crippen molar-refractivity contribution in [3.05, 3.63) is 52.2 Å². The maximum atomic E-state index is 13.0. The summed E-state index contributed by atoms with van der Waals surface area (Å²) >= 11 is 1.60. The van der Waals surface area contributed by atoms with Gasteiger partial charge in [-0.1, -0.05) is 39.0 Å². The lowest BCUT2D eigenvalue weighted by Gasteiger charge is -2.21. The van der Waals surface area contributed by atoms with Gasteiger partial charge in [0.05, 0.1) is 17.7 Å². The Balaban J connectivity index is 1.56. The molecule has 2 N–H and O–H groups in total. The van der Waals surface area contributed by atoms with E-state index in [1.54, 1.807) is 18.4 Å². The van der Waals surface area contributed by atoms with Crippen molar-refractivity contribution >= 4 is 27.3 Å².